The van der Waals surface area contributed by atoms with Crippen LogP contribution in [0.5, 0.6) is 0 Å². The summed E-state index contributed by atoms with van der Waals surface area (Å²) < 4.78 is 5.57. The van der Waals surface area contributed by atoms with Crippen molar-refractivity contribution in [2.75, 3.05) is 19.8 Å². The molecule has 1 saturated carbocycles. The molecule has 6 heteroatoms. The molecule has 2 rings (SSSR count). The van der Waals surface area contributed by atoms with Gasteiger partial charge in [0.2, 0.25) is 0 Å². The molecule has 1 unspecified atom stereocenters. The minimum Gasteiger partial charge on any atom is -0.394 e. The van der Waals surface area contributed by atoms with Crippen LogP contribution in [0.1, 0.15) is 36.7 Å². The Bertz CT molecular complexity index is 391. The van der Waals surface area contributed by atoms with Gasteiger partial charge >= 0.3 is 6.03 Å². The maximum Gasteiger partial charge on any atom is 0.315 e. The monoisotopic (exact) mass is 298 g/mol. The van der Waals surface area contributed by atoms with Crippen molar-refractivity contribution < 1.29 is 14.6 Å². The van der Waals surface area contributed by atoms with Crippen LogP contribution in [-0.2, 0) is 4.74 Å². The van der Waals surface area contributed by atoms with Crippen molar-refractivity contribution in [1.29, 1.82) is 0 Å². The summed E-state index contributed by atoms with van der Waals surface area (Å²) in [6.07, 6.45) is 4.34. The van der Waals surface area contributed by atoms with Gasteiger partial charge in [0.25, 0.3) is 0 Å². The molecule has 20 heavy (non-hydrogen) atoms. The van der Waals surface area contributed by atoms with Gasteiger partial charge in [-0.3, -0.25) is 0 Å². The number of hydrogen-bond donors (Lipinski definition) is 3. The summed E-state index contributed by atoms with van der Waals surface area (Å²) in [7, 11) is 0. The minimum atomic E-state index is -0.198. The SMILES string of the molecule is O=C(NCC(OCCO)c1cccs1)NC1CCCC1. The number of ether oxygens (including phenoxy) is 1. The summed E-state index contributed by atoms with van der Waals surface area (Å²) in [5.74, 6) is 0. The summed E-state index contributed by atoms with van der Waals surface area (Å²) in [6.45, 7) is 0.670. The summed E-state index contributed by atoms with van der Waals surface area (Å²) >= 11 is 1.59. The number of urea groups is 1. The van der Waals surface area contributed by atoms with E-state index in [9.17, 15) is 4.79 Å². The average Bonchev–Trinajstić information content (AvgIpc) is 3.11. The van der Waals surface area contributed by atoms with Gasteiger partial charge in [-0.05, 0) is 24.3 Å². The van der Waals surface area contributed by atoms with E-state index in [0.29, 0.717) is 12.6 Å². The van der Waals surface area contributed by atoms with E-state index < -0.39 is 0 Å². The Morgan fingerprint density at radius 1 is 1.50 bits per heavy atom. The van der Waals surface area contributed by atoms with Crippen LogP contribution < -0.4 is 10.6 Å². The lowest BCUT2D eigenvalue weighted by Gasteiger charge is -2.18. The summed E-state index contributed by atoms with van der Waals surface area (Å²) in [4.78, 5) is 12.9. The van der Waals surface area contributed by atoms with Crippen molar-refractivity contribution in [3.05, 3.63) is 22.4 Å². The van der Waals surface area contributed by atoms with E-state index in [1.807, 2.05) is 17.5 Å². The fourth-order valence-electron chi connectivity index (χ4n) is 2.40. The molecule has 1 aliphatic carbocycles. The second-order valence-electron chi connectivity index (χ2n) is 4.93. The molecule has 0 radical (unpaired) electrons. The van der Waals surface area contributed by atoms with E-state index >= 15 is 0 Å². The van der Waals surface area contributed by atoms with Crippen LogP contribution >= 0.6 is 11.3 Å². The number of hydrogen-bond acceptors (Lipinski definition) is 4. The highest BCUT2D eigenvalue weighted by molar-refractivity contribution is 7.10. The smallest absolute Gasteiger partial charge is 0.315 e. The van der Waals surface area contributed by atoms with Crippen molar-refractivity contribution in [1.82, 2.24) is 10.6 Å². The van der Waals surface area contributed by atoms with E-state index in [1.165, 1.54) is 12.8 Å². The molecule has 5 nitrogen and oxygen atoms in total. The van der Waals surface area contributed by atoms with E-state index in [0.717, 1.165) is 17.7 Å². The first-order valence-electron chi connectivity index (χ1n) is 7.10. The Kier molecular flexibility index (Phi) is 6.29. The molecule has 0 aliphatic heterocycles. The number of thiophene rings is 1. The van der Waals surface area contributed by atoms with Crippen molar-refractivity contribution in [2.45, 2.75) is 37.8 Å². The number of aliphatic hydroxyl groups is 1. The maximum absolute atomic E-state index is 11.8. The van der Waals surface area contributed by atoms with Crippen LogP contribution in [0, 0.1) is 0 Å². The van der Waals surface area contributed by atoms with Gasteiger partial charge in [-0.1, -0.05) is 18.9 Å². The minimum absolute atomic E-state index is 0.0177. The Balaban J connectivity index is 1.77. The third-order valence-electron chi connectivity index (χ3n) is 3.41. The van der Waals surface area contributed by atoms with Gasteiger partial charge < -0.3 is 20.5 Å². The molecule has 0 aromatic carbocycles. The second-order valence-corrected chi connectivity index (χ2v) is 5.91. The zero-order valence-corrected chi connectivity index (χ0v) is 12.3. The van der Waals surface area contributed by atoms with Gasteiger partial charge in [0.15, 0.2) is 0 Å². The first-order valence-corrected chi connectivity index (χ1v) is 7.98. The van der Waals surface area contributed by atoms with Crippen LogP contribution in [0.4, 0.5) is 4.79 Å². The molecule has 112 valence electrons. The molecule has 1 atom stereocenters. The lowest BCUT2D eigenvalue weighted by molar-refractivity contribution is 0.0313. The molecule has 1 fully saturated rings. The fraction of sp³-hybridized carbons (Fsp3) is 0.643. The highest BCUT2D eigenvalue weighted by Crippen LogP contribution is 2.22. The predicted octanol–water partition coefficient (Wildman–Crippen LogP) is 2.04. The van der Waals surface area contributed by atoms with Gasteiger partial charge in [0.1, 0.15) is 6.10 Å². The molecular formula is C14H22N2O3S. The Morgan fingerprint density at radius 2 is 2.30 bits per heavy atom. The zero-order chi connectivity index (χ0) is 14.2. The molecule has 0 spiro atoms. The average molecular weight is 298 g/mol. The maximum atomic E-state index is 11.8. The topological polar surface area (TPSA) is 70.6 Å². The summed E-state index contributed by atoms with van der Waals surface area (Å²) in [6, 6.07) is 4.11. The highest BCUT2D eigenvalue weighted by atomic mass is 32.1. The predicted molar refractivity (Wildman–Crippen MR) is 78.9 cm³/mol. The Hall–Kier alpha value is -1.11. The number of carbonyl (C=O) groups excluding carboxylic acids is 1. The molecular weight excluding hydrogens is 276 g/mol. The molecule has 1 aromatic heterocycles. The zero-order valence-electron chi connectivity index (χ0n) is 11.5. The van der Waals surface area contributed by atoms with Crippen LogP contribution in [0.2, 0.25) is 0 Å². The molecule has 1 aromatic rings. The van der Waals surface area contributed by atoms with Gasteiger partial charge in [0.05, 0.1) is 19.8 Å². The van der Waals surface area contributed by atoms with E-state index in [2.05, 4.69) is 10.6 Å². The van der Waals surface area contributed by atoms with Crippen LogP contribution in [0.3, 0.4) is 0 Å². The quantitative estimate of drug-likeness (QED) is 0.721. The normalized spacial score (nSPS) is 17.1. The van der Waals surface area contributed by atoms with Gasteiger partial charge in [-0.15, -0.1) is 11.3 Å². The first kappa shape index (κ1) is 15.3. The van der Waals surface area contributed by atoms with Crippen LogP contribution in [0.25, 0.3) is 0 Å². The number of nitrogens with one attached hydrogen (secondary N) is 2. The van der Waals surface area contributed by atoms with E-state index in [4.69, 9.17) is 9.84 Å². The summed E-state index contributed by atoms with van der Waals surface area (Å²) in [5.41, 5.74) is 0. The van der Waals surface area contributed by atoms with E-state index in [-0.39, 0.29) is 25.3 Å². The largest absolute Gasteiger partial charge is 0.394 e. The third kappa shape index (κ3) is 4.77. The summed E-state index contributed by atoms with van der Waals surface area (Å²) in [5, 5.41) is 16.7. The number of carbonyl (C=O) groups is 1. The number of aliphatic hydroxyl groups excluding tert-OH is 1. The van der Waals surface area contributed by atoms with Crippen molar-refractivity contribution >= 4 is 17.4 Å². The lowest BCUT2D eigenvalue weighted by atomic mass is 10.2. The van der Waals surface area contributed by atoms with E-state index in [1.54, 1.807) is 11.3 Å². The van der Waals surface area contributed by atoms with Crippen molar-refractivity contribution in [3.8, 4) is 0 Å². The molecule has 0 bridgehead atoms. The highest BCUT2D eigenvalue weighted by Gasteiger charge is 2.18. The first-order chi connectivity index (χ1) is 9.79. The third-order valence-corrected chi connectivity index (χ3v) is 4.37. The lowest BCUT2D eigenvalue weighted by Crippen LogP contribution is -2.42. The molecule has 3 N–H and O–H groups in total. The van der Waals surface area contributed by atoms with Gasteiger partial charge in [0, 0.05) is 10.9 Å². The number of rotatable bonds is 7. The second kappa shape index (κ2) is 8.24. The Morgan fingerprint density at radius 3 is 2.95 bits per heavy atom. The standard InChI is InChI=1S/C14H22N2O3S/c17-7-8-19-12(13-6-3-9-20-13)10-15-14(18)16-11-4-1-2-5-11/h3,6,9,11-12,17H,1-2,4-5,7-8,10H2,(H2,15,16,18). The van der Waals surface area contributed by atoms with Gasteiger partial charge in [-0.25, -0.2) is 4.79 Å². The Labute approximate surface area is 123 Å². The van der Waals surface area contributed by atoms with Crippen LogP contribution in [-0.4, -0.2) is 36.9 Å². The van der Waals surface area contributed by atoms with Crippen LogP contribution in [0.15, 0.2) is 17.5 Å². The van der Waals surface area contributed by atoms with Crippen molar-refractivity contribution in [2.24, 2.45) is 0 Å². The molecule has 1 heterocycles. The molecule has 1 aliphatic rings. The van der Waals surface area contributed by atoms with Gasteiger partial charge in [-0.2, -0.15) is 0 Å². The fourth-order valence-corrected chi connectivity index (χ4v) is 3.18. The molecule has 0 saturated heterocycles. The van der Waals surface area contributed by atoms with Crippen molar-refractivity contribution in [3.63, 3.8) is 0 Å². The molecule has 2 amide bonds. The number of amides is 2.